The van der Waals surface area contributed by atoms with Crippen molar-refractivity contribution >= 4 is 44.2 Å². The molecule has 0 radical (unpaired) electrons. The van der Waals surface area contributed by atoms with Crippen LogP contribution in [-0.2, 0) is 14.8 Å². The fraction of sp³-hybridized carbons (Fsp3) is 0.586. The smallest absolute Gasteiger partial charge is 0.209 e. The Labute approximate surface area is 252 Å². The lowest BCUT2D eigenvalue weighted by Crippen LogP contribution is -2.49. The summed E-state index contributed by atoms with van der Waals surface area (Å²) in [7, 11) is -1.67. The molecule has 0 unspecified atom stereocenters. The van der Waals surface area contributed by atoms with Crippen LogP contribution in [0.4, 0.5) is 11.4 Å². The minimum absolute atomic E-state index is 0.113. The van der Waals surface area contributed by atoms with Crippen LogP contribution in [0.2, 0.25) is 5.02 Å². The minimum atomic E-state index is -3.34. The molecule has 4 heterocycles. The fourth-order valence-electron chi connectivity index (χ4n) is 6.60. The largest absolute Gasteiger partial charge is 0.496 e. The monoisotopic (exact) mass is 617 g/mol. The molecule has 0 spiro atoms. The summed E-state index contributed by atoms with van der Waals surface area (Å²) < 4.78 is 38.1. The normalized spacial score (nSPS) is 22.9. The molecule has 11 nitrogen and oxygen atoms in total. The van der Waals surface area contributed by atoms with Crippen molar-refractivity contribution in [3.8, 4) is 17.1 Å². The van der Waals surface area contributed by atoms with Gasteiger partial charge < -0.3 is 24.7 Å². The van der Waals surface area contributed by atoms with Crippen LogP contribution in [0.5, 0.6) is 5.75 Å². The minimum Gasteiger partial charge on any atom is -0.496 e. The summed E-state index contributed by atoms with van der Waals surface area (Å²) in [5.74, 6) is 1.36. The average Bonchev–Trinajstić information content (AvgIpc) is 3.43. The number of piperidine rings is 1. The van der Waals surface area contributed by atoms with Crippen molar-refractivity contribution in [1.29, 1.82) is 0 Å². The average molecular weight is 618 g/mol. The highest BCUT2D eigenvalue weighted by molar-refractivity contribution is 7.88. The molecule has 2 saturated heterocycles. The number of nitrogens with zero attached hydrogens (tertiary/aromatic N) is 4. The molecule has 3 fully saturated rings. The Morgan fingerprint density at radius 1 is 1.07 bits per heavy atom. The van der Waals surface area contributed by atoms with E-state index in [1.54, 1.807) is 13.3 Å². The summed E-state index contributed by atoms with van der Waals surface area (Å²) in [5, 5.41) is 3.94. The van der Waals surface area contributed by atoms with Crippen LogP contribution < -0.4 is 19.7 Å². The zero-order chi connectivity index (χ0) is 29.3. The first-order valence-electron chi connectivity index (χ1n) is 14.8. The number of H-pyrrole nitrogens is 1. The second-order valence-electron chi connectivity index (χ2n) is 11.5. The first-order chi connectivity index (χ1) is 20.3. The van der Waals surface area contributed by atoms with E-state index in [0.29, 0.717) is 33.7 Å². The van der Waals surface area contributed by atoms with Crippen molar-refractivity contribution < 1.29 is 17.9 Å². The Morgan fingerprint density at radius 3 is 2.52 bits per heavy atom. The standard InChI is InChI=1S/C29H40ClN7O4S/c1-40-25-17-20(36-11-9-19(10-12-36)37-13-15-41-16-14-37)7-8-21(25)28-33-27-26(22(30)18-31-29(27)34-28)32-23-5-3-4-6-24(23)35-42(2,38)39/h7-8,17-19,23-24,35H,3-6,9-16H2,1-2H3,(H2,31,32,33,34)/t23-,24-/m1/s1. The van der Waals surface area contributed by atoms with Gasteiger partial charge in [-0.15, -0.1) is 0 Å². The van der Waals surface area contributed by atoms with Gasteiger partial charge in [0.25, 0.3) is 0 Å². The molecule has 6 rings (SSSR count). The molecular formula is C29H40ClN7O4S. The molecule has 0 amide bonds. The van der Waals surface area contributed by atoms with Gasteiger partial charge in [0, 0.05) is 56.1 Å². The quantitative estimate of drug-likeness (QED) is 0.346. The lowest BCUT2D eigenvalue weighted by molar-refractivity contribution is 0.0115. The third-order valence-electron chi connectivity index (χ3n) is 8.76. The number of methoxy groups -OCH3 is 1. The lowest BCUT2D eigenvalue weighted by atomic mass is 9.91. The molecule has 2 atom stereocenters. The van der Waals surface area contributed by atoms with E-state index in [2.05, 4.69) is 41.9 Å². The third kappa shape index (κ3) is 6.47. The molecule has 3 aliphatic rings. The Balaban J connectivity index is 1.22. The first kappa shape index (κ1) is 29.4. The van der Waals surface area contributed by atoms with E-state index >= 15 is 0 Å². The van der Waals surface area contributed by atoms with Gasteiger partial charge in [-0.3, -0.25) is 4.90 Å². The van der Waals surface area contributed by atoms with Crippen molar-refractivity contribution in [3.05, 3.63) is 29.4 Å². The van der Waals surface area contributed by atoms with E-state index in [0.717, 1.165) is 94.9 Å². The molecule has 42 heavy (non-hydrogen) atoms. The number of rotatable bonds is 8. The van der Waals surface area contributed by atoms with Crippen LogP contribution in [-0.4, -0.2) is 99.2 Å². The molecule has 3 N–H and O–H groups in total. The number of nitrogens with one attached hydrogen (secondary N) is 3. The maximum atomic E-state index is 12.0. The van der Waals surface area contributed by atoms with Crippen molar-refractivity contribution in [2.75, 3.05) is 63.0 Å². The molecule has 2 aromatic heterocycles. The first-order valence-corrected chi connectivity index (χ1v) is 17.1. The number of sulfonamides is 1. The number of ether oxygens (including phenoxy) is 2. The van der Waals surface area contributed by atoms with Gasteiger partial charge in [-0.2, -0.15) is 0 Å². The van der Waals surface area contributed by atoms with Gasteiger partial charge >= 0.3 is 0 Å². The topological polar surface area (TPSA) is 125 Å². The van der Waals surface area contributed by atoms with Crippen molar-refractivity contribution in [3.63, 3.8) is 0 Å². The van der Waals surface area contributed by atoms with E-state index < -0.39 is 10.0 Å². The van der Waals surface area contributed by atoms with E-state index in [4.69, 9.17) is 26.1 Å². The maximum absolute atomic E-state index is 12.0. The lowest BCUT2D eigenvalue weighted by Gasteiger charge is -2.40. The number of hydrogen-bond donors (Lipinski definition) is 3. The zero-order valence-electron chi connectivity index (χ0n) is 24.2. The van der Waals surface area contributed by atoms with Crippen LogP contribution in [0.1, 0.15) is 38.5 Å². The molecule has 228 valence electrons. The van der Waals surface area contributed by atoms with Gasteiger partial charge in [0.15, 0.2) is 5.65 Å². The van der Waals surface area contributed by atoms with Crippen LogP contribution in [0.15, 0.2) is 24.4 Å². The van der Waals surface area contributed by atoms with Gasteiger partial charge in [0.2, 0.25) is 10.0 Å². The molecular weight excluding hydrogens is 578 g/mol. The number of morpholine rings is 1. The third-order valence-corrected chi connectivity index (χ3v) is 9.78. The van der Waals surface area contributed by atoms with E-state index in [9.17, 15) is 8.42 Å². The van der Waals surface area contributed by atoms with E-state index in [1.165, 1.54) is 6.26 Å². The Hall–Kier alpha value is -2.64. The second-order valence-corrected chi connectivity index (χ2v) is 13.7. The maximum Gasteiger partial charge on any atom is 0.209 e. The predicted molar refractivity (Wildman–Crippen MR) is 166 cm³/mol. The Kier molecular flexibility index (Phi) is 8.78. The molecule has 1 aliphatic carbocycles. The van der Waals surface area contributed by atoms with Crippen LogP contribution in [0, 0.1) is 0 Å². The number of anilines is 2. The highest BCUT2D eigenvalue weighted by Crippen LogP contribution is 2.37. The Morgan fingerprint density at radius 2 is 1.81 bits per heavy atom. The van der Waals surface area contributed by atoms with Crippen molar-refractivity contribution in [2.24, 2.45) is 0 Å². The van der Waals surface area contributed by atoms with E-state index in [1.807, 2.05) is 6.07 Å². The SMILES string of the molecule is COc1cc(N2CCC(N3CCOCC3)CC2)ccc1-c1nc2c(N[C@@H]3CCCC[C@H]3NS(C)(=O)=O)c(Cl)cnc2[nH]1. The molecule has 13 heteroatoms. The Bertz CT molecular complexity index is 1500. The van der Waals surface area contributed by atoms with Crippen molar-refractivity contribution in [1.82, 2.24) is 24.6 Å². The van der Waals surface area contributed by atoms with Crippen LogP contribution in [0.25, 0.3) is 22.6 Å². The summed E-state index contributed by atoms with van der Waals surface area (Å²) in [6, 6.07) is 6.54. The fourth-order valence-corrected chi connectivity index (χ4v) is 7.63. The summed E-state index contributed by atoms with van der Waals surface area (Å²) in [6.45, 7) is 5.73. The molecule has 0 bridgehead atoms. The van der Waals surface area contributed by atoms with Gasteiger partial charge in [-0.05, 0) is 37.8 Å². The summed E-state index contributed by atoms with van der Waals surface area (Å²) >= 11 is 6.63. The molecule has 2 aliphatic heterocycles. The number of imidazole rings is 1. The second kappa shape index (κ2) is 12.5. The highest BCUT2D eigenvalue weighted by Gasteiger charge is 2.30. The summed E-state index contributed by atoms with van der Waals surface area (Å²) in [5.41, 5.74) is 3.82. The van der Waals surface area contributed by atoms with Crippen LogP contribution >= 0.6 is 11.6 Å². The zero-order valence-corrected chi connectivity index (χ0v) is 25.8. The number of aromatic amines is 1. The summed E-state index contributed by atoms with van der Waals surface area (Å²) in [6.07, 6.45) is 8.62. The van der Waals surface area contributed by atoms with E-state index in [-0.39, 0.29) is 12.1 Å². The molecule has 1 saturated carbocycles. The number of aromatic nitrogens is 3. The molecule has 3 aromatic rings. The van der Waals surface area contributed by atoms with Gasteiger partial charge in [0.1, 0.15) is 17.1 Å². The number of pyridine rings is 1. The van der Waals surface area contributed by atoms with Gasteiger partial charge in [0.05, 0.1) is 49.0 Å². The van der Waals surface area contributed by atoms with Crippen molar-refractivity contribution in [2.45, 2.75) is 56.7 Å². The number of benzene rings is 1. The number of halogens is 1. The molecule has 1 aromatic carbocycles. The van der Waals surface area contributed by atoms with Crippen LogP contribution in [0.3, 0.4) is 0 Å². The summed E-state index contributed by atoms with van der Waals surface area (Å²) in [4.78, 5) is 17.7. The van der Waals surface area contributed by atoms with Gasteiger partial charge in [-0.25, -0.2) is 23.1 Å². The highest BCUT2D eigenvalue weighted by atomic mass is 35.5. The van der Waals surface area contributed by atoms with Gasteiger partial charge in [-0.1, -0.05) is 24.4 Å². The number of hydrogen-bond acceptors (Lipinski definition) is 9. The number of fused-ring (bicyclic) bond motifs is 1. The predicted octanol–water partition coefficient (Wildman–Crippen LogP) is 3.86.